The van der Waals surface area contributed by atoms with E-state index in [1.54, 1.807) is 0 Å². The molecule has 2 aromatic rings. The van der Waals surface area contributed by atoms with Crippen LogP contribution in [0.4, 0.5) is 13.2 Å². The molecule has 0 spiro atoms. The number of hydrogen-bond acceptors (Lipinski definition) is 5. The fraction of sp³-hybridized carbons (Fsp3) is 0.0625. The van der Waals surface area contributed by atoms with Crippen molar-refractivity contribution in [2.75, 3.05) is 0 Å². The van der Waals surface area contributed by atoms with Crippen LogP contribution >= 0.6 is 0 Å². The highest BCUT2D eigenvalue weighted by atomic mass is 19.3. The summed E-state index contributed by atoms with van der Waals surface area (Å²) in [4.78, 5) is 40.9. The van der Waals surface area contributed by atoms with E-state index in [-0.39, 0.29) is 16.2 Å². The number of hydrogen-bond donors (Lipinski definition) is 0. The lowest BCUT2D eigenvalue weighted by molar-refractivity contribution is -0.0588. The Bertz CT molecular complexity index is 849. The van der Waals surface area contributed by atoms with Crippen molar-refractivity contribution >= 4 is 17.8 Å². The topological polar surface area (TPSA) is 72.9 Å². The fourth-order valence-corrected chi connectivity index (χ4v) is 2.24. The SMILES string of the molecule is O=C(ON1C(=O)c2ccccc2C1=O)c1cc(F)cc(OC(F)F)c1. The van der Waals surface area contributed by atoms with Crippen LogP contribution in [-0.2, 0) is 4.84 Å². The summed E-state index contributed by atoms with van der Waals surface area (Å²) in [7, 11) is 0. The van der Waals surface area contributed by atoms with Crippen molar-refractivity contribution in [3.63, 3.8) is 0 Å². The van der Waals surface area contributed by atoms with E-state index in [0.29, 0.717) is 12.1 Å². The third-order valence-electron chi connectivity index (χ3n) is 3.26. The largest absolute Gasteiger partial charge is 0.435 e. The van der Waals surface area contributed by atoms with Gasteiger partial charge in [0.25, 0.3) is 11.8 Å². The number of nitrogens with zero attached hydrogens (tertiary/aromatic N) is 1. The predicted octanol–water partition coefficient (Wildman–Crippen LogP) is 2.80. The first-order chi connectivity index (χ1) is 11.9. The highest BCUT2D eigenvalue weighted by molar-refractivity contribution is 6.21. The molecular weight excluding hydrogens is 343 g/mol. The summed E-state index contributed by atoms with van der Waals surface area (Å²) in [6, 6.07) is 7.94. The molecule has 0 unspecified atom stereocenters. The maximum Gasteiger partial charge on any atom is 0.387 e. The molecule has 25 heavy (non-hydrogen) atoms. The summed E-state index contributed by atoms with van der Waals surface area (Å²) in [5.74, 6) is -4.66. The number of carbonyl (C=O) groups excluding carboxylic acids is 3. The van der Waals surface area contributed by atoms with Crippen LogP contribution in [0.15, 0.2) is 42.5 Å². The normalized spacial score (nSPS) is 13.2. The molecule has 1 aliphatic heterocycles. The zero-order valence-electron chi connectivity index (χ0n) is 12.2. The number of carbonyl (C=O) groups is 3. The minimum absolute atomic E-state index is 0.0428. The van der Waals surface area contributed by atoms with E-state index in [9.17, 15) is 27.6 Å². The van der Waals surface area contributed by atoms with Gasteiger partial charge in [-0.1, -0.05) is 17.2 Å². The number of rotatable bonds is 4. The number of ether oxygens (including phenoxy) is 1. The van der Waals surface area contributed by atoms with E-state index in [4.69, 9.17) is 4.84 Å². The van der Waals surface area contributed by atoms with Crippen molar-refractivity contribution in [1.82, 2.24) is 5.06 Å². The third kappa shape index (κ3) is 3.16. The van der Waals surface area contributed by atoms with Gasteiger partial charge in [0.2, 0.25) is 0 Å². The van der Waals surface area contributed by atoms with E-state index in [1.807, 2.05) is 0 Å². The minimum Gasteiger partial charge on any atom is -0.435 e. The van der Waals surface area contributed by atoms with E-state index < -0.39 is 41.5 Å². The first kappa shape index (κ1) is 16.5. The summed E-state index contributed by atoms with van der Waals surface area (Å²) in [6.45, 7) is -3.22. The number of amides is 2. The van der Waals surface area contributed by atoms with Gasteiger partial charge in [0.05, 0.1) is 16.7 Å². The first-order valence-corrected chi connectivity index (χ1v) is 6.82. The summed E-state index contributed by atoms with van der Waals surface area (Å²) in [6.07, 6.45) is 0. The molecule has 0 aromatic heterocycles. The first-order valence-electron chi connectivity index (χ1n) is 6.82. The van der Waals surface area contributed by atoms with E-state index in [0.717, 1.165) is 6.07 Å². The molecule has 1 aliphatic rings. The van der Waals surface area contributed by atoms with Crippen LogP contribution in [-0.4, -0.2) is 29.5 Å². The van der Waals surface area contributed by atoms with Crippen LogP contribution < -0.4 is 4.74 Å². The lowest BCUT2D eigenvalue weighted by atomic mass is 10.1. The Labute approximate surface area is 138 Å². The number of fused-ring (bicyclic) bond motifs is 1. The second-order valence-corrected chi connectivity index (χ2v) is 4.88. The third-order valence-corrected chi connectivity index (χ3v) is 3.26. The van der Waals surface area contributed by atoms with Gasteiger partial charge in [0.15, 0.2) is 0 Å². The molecular formula is C16H8F3NO5. The maximum absolute atomic E-state index is 13.4. The van der Waals surface area contributed by atoms with Gasteiger partial charge in [-0.15, -0.1) is 0 Å². The van der Waals surface area contributed by atoms with E-state index in [2.05, 4.69) is 4.74 Å². The molecule has 6 nitrogen and oxygen atoms in total. The van der Waals surface area contributed by atoms with Gasteiger partial charge < -0.3 is 9.57 Å². The zero-order valence-corrected chi connectivity index (χ0v) is 12.2. The predicted molar refractivity (Wildman–Crippen MR) is 75.4 cm³/mol. The molecule has 0 radical (unpaired) electrons. The van der Waals surface area contributed by atoms with Gasteiger partial charge in [0, 0.05) is 6.07 Å². The average molecular weight is 351 g/mol. The number of benzene rings is 2. The molecule has 0 saturated heterocycles. The Balaban J connectivity index is 1.83. The van der Waals surface area contributed by atoms with Crippen molar-refractivity contribution in [3.8, 4) is 5.75 Å². The van der Waals surface area contributed by atoms with Gasteiger partial charge in [0.1, 0.15) is 11.6 Å². The zero-order chi connectivity index (χ0) is 18.1. The monoisotopic (exact) mass is 351 g/mol. The van der Waals surface area contributed by atoms with E-state index in [1.165, 1.54) is 24.3 Å². The Hall–Kier alpha value is -3.36. The number of imide groups is 1. The molecule has 0 saturated carbocycles. The van der Waals surface area contributed by atoms with Gasteiger partial charge in [-0.2, -0.15) is 8.78 Å². The fourth-order valence-electron chi connectivity index (χ4n) is 2.24. The molecule has 1 heterocycles. The molecule has 0 bridgehead atoms. The average Bonchev–Trinajstić information content (AvgIpc) is 2.79. The maximum atomic E-state index is 13.4. The Kier molecular flexibility index (Phi) is 4.14. The Morgan fingerprint density at radius 2 is 1.60 bits per heavy atom. The molecule has 0 N–H and O–H groups in total. The number of alkyl halides is 2. The summed E-state index contributed by atoms with van der Waals surface area (Å²) >= 11 is 0. The second kappa shape index (κ2) is 6.27. The van der Waals surface area contributed by atoms with Crippen molar-refractivity contribution in [3.05, 3.63) is 65.0 Å². The van der Waals surface area contributed by atoms with Gasteiger partial charge in [-0.05, 0) is 24.3 Å². The molecule has 0 fully saturated rings. The highest BCUT2D eigenvalue weighted by Crippen LogP contribution is 2.24. The van der Waals surface area contributed by atoms with Crippen molar-refractivity contribution in [1.29, 1.82) is 0 Å². The van der Waals surface area contributed by atoms with Crippen LogP contribution in [0.3, 0.4) is 0 Å². The quantitative estimate of drug-likeness (QED) is 0.792. The van der Waals surface area contributed by atoms with Gasteiger partial charge in [-0.25, -0.2) is 9.18 Å². The summed E-state index contributed by atoms with van der Waals surface area (Å²) < 4.78 is 41.9. The molecule has 9 heteroatoms. The molecule has 128 valence electrons. The van der Waals surface area contributed by atoms with Crippen LogP contribution in [0.2, 0.25) is 0 Å². The molecule has 3 rings (SSSR count). The van der Waals surface area contributed by atoms with Crippen molar-refractivity contribution in [2.45, 2.75) is 6.61 Å². The number of hydroxylamine groups is 2. The van der Waals surface area contributed by atoms with Crippen LogP contribution in [0.25, 0.3) is 0 Å². The molecule has 0 atom stereocenters. The minimum atomic E-state index is -3.22. The van der Waals surface area contributed by atoms with Crippen LogP contribution in [0, 0.1) is 5.82 Å². The van der Waals surface area contributed by atoms with Crippen LogP contribution in [0.1, 0.15) is 31.1 Å². The standard InChI is InChI=1S/C16H8F3NO5/c17-9-5-8(6-10(7-9)24-16(18)19)15(23)25-20-13(21)11-3-1-2-4-12(11)14(20)22/h1-7,16H. The van der Waals surface area contributed by atoms with Gasteiger partial charge in [-0.3, -0.25) is 9.59 Å². The Morgan fingerprint density at radius 1 is 1.00 bits per heavy atom. The van der Waals surface area contributed by atoms with Crippen LogP contribution in [0.5, 0.6) is 5.75 Å². The lowest BCUT2D eigenvalue weighted by Gasteiger charge is -2.13. The Morgan fingerprint density at radius 3 is 2.16 bits per heavy atom. The van der Waals surface area contributed by atoms with Crippen molar-refractivity contribution < 1.29 is 37.1 Å². The number of halogens is 3. The highest BCUT2D eigenvalue weighted by Gasteiger charge is 2.38. The summed E-state index contributed by atoms with van der Waals surface area (Å²) in [5.41, 5.74) is -0.422. The lowest BCUT2D eigenvalue weighted by Crippen LogP contribution is -2.32. The smallest absolute Gasteiger partial charge is 0.387 e. The molecule has 2 amide bonds. The van der Waals surface area contributed by atoms with Gasteiger partial charge >= 0.3 is 12.6 Å². The second-order valence-electron chi connectivity index (χ2n) is 4.88. The molecule has 0 aliphatic carbocycles. The molecule has 2 aromatic carbocycles. The van der Waals surface area contributed by atoms with Crippen molar-refractivity contribution in [2.24, 2.45) is 0 Å². The summed E-state index contributed by atoms with van der Waals surface area (Å²) in [5, 5.41) is 0.228. The van der Waals surface area contributed by atoms with E-state index >= 15 is 0 Å².